The maximum Gasteiger partial charge on any atom is 0.174 e. The molecule has 0 aromatic heterocycles. The summed E-state index contributed by atoms with van der Waals surface area (Å²) in [6, 6.07) is 13.1. The molecule has 2 rings (SSSR count). The third-order valence-electron chi connectivity index (χ3n) is 3.21. The van der Waals surface area contributed by atoms with Crippen LogP contribution in [0.25, 0.3) is 0 Å². The SMILES string of the molecule is Cc1cccc(C)c1CC(=O)COc1cccc(Cl)c1. The third kappa shape index (κ3) is 3.84. The molecule has 2 aromatic carbocycles. The second-order valence-corrected chi connectivity index (χ2v) is 5.27. The van der Waals surface area contributed by atoms with E-state index < -0.39 is 0 Å². The highest BCUT2D eigenvalue weighted by Crippen LogP contribution is 2.18. The fourth-order valence-corrected chi connectivity index (χ4v) is 2.28. The van der Waals surface area contributed by atoms with E-state index in [0.717, 1.165) is 16.7 Å². The molecule has 0 unspecified atom stereocenters. The number of carbonyl (C=O) groups excluding carboxylic acids is 1. The number of ether oxygens (including phenoxy) is 1. The first-order valence-electron chi connectivity index (χ1n) is 6.51. The Labute approximate surface area is 124 Å². The zero-order valence-corrected chi connectivity index (χ0v) is 12.4. The van der Waals surface area contributed by atoms with E-state index in [9.17, 15) is 4.79 Å². The topological polar surface area (TPSA) is 26.3 Å². The molecular formula is C17H17ClO2. The minimum atomic E-state index is 0.0578. The molecule has 0 aliphatic rings. The van der Waals surface area contributed by atoms with E-state index in [2.05, 4.69) is 0 Å². The Morgan fingerprint density at radius 3 is 2.40 bits per heavy atom. The largest absolute Gasteiger partial charge is 0.486 e. The lowest BCUT2D eigenvalue weighted by molar-refractivity contribution is -0.120. The molecule has 0 N–H and O–H groups in total. The van der Waals surface area contributed by atoms with Gasteiger partial charge in [-0.2, -0.15) is 0 Å². The van der Waals surface area contributed by atoms with Crippen molar-refractivity contribution in [3.8, 4) is 5.75 Å². The highest BCUT2D eigenvalue weighted by atomic mass is 35.5. The maximum atomic E-state index is 12.0. The Hall–Kier alpha value is -1.80. The number of ketones is 1. The first kappa shape index (κ1) is 14.6. The smallest absolute Gasteiger partial charge is 0.174 e. The number of carbonyl (C=O) groups is 1. The fourth-order valence-electron chi connectivity index (χ4n) is 2.10. The predicted molar refractivity (Wildman–Crippen MR) is 81.6 cm³/mol. The Bertz CT molecular complexity index is 600. The minimum absolute atomic E-state index is 0.0578. The maximum absolute atomic E-state index is 12.0. The molecule has 3 heteroatoms. The molecule has 0 amide bonds. The van der Waals surface area contributed by atoms with Gasteiger partial charge in [0, 0.05) is 11.4 Å². The molecular weight excluding hydrogens is 272 g/mol. The molecule has 0 spiro atoms. The van der Waals surface area contributed by atoms with Crippen LogP contribution in [0.5, 0.6) is 5.75 Å². The zero-order valence-electron chi connectivity index (χ0n) is 11.7. The van der Waals surface area contributed by atoms with Crippen LogP contribution < -0.4 is 4.74 Å². The molecule has 2 nitrogen and oxygen atoms in total. The zero-order chi connectivity index (χ0) is 14.5. The van der Waals surface area contributed by atoms with E-state index in [1.54, 1.807) is 24.3 Å². The van der Waals surface area contributed by atoms with Gasteiger partial charge < -0.3 is 4.74 Å². The van der Waals surface area contributed by atoms with Crippen LogP contribution in [0.4, 0.5) is 0 Å². The first-order chi connectivity index (χ1) is 9.56. The van der Waals surface area contributed by atoms with Gasteiger partial charge in [0.05, 0.1) is 0 Å². The molecule has 0 fully saturated rings. The summed E-state index contributed by atoms with van der Waals surface area (Å²) in [4.78, 5) is 12.0. The second kappa shape index (κ2) is 6.58. The average Bonchev–Trinajstić information content (AvgIpc) is 2.41. The van der Waals surface area contributed by atoms with Crippen LogP contribution in [0.3, 0.4) is 0 Å². The summed E-state index contributed by atoms with van der Waals surface area (Å²) >= 11 is 5.87. The lowest BCUT2D eigenvalue weighted by Crippen LogP contribution is -2.15. The van der Waals surface area contributed by atoms with Crippen molar-refractivity contribution in [2.24, 2.45) is 0 Å². The van der Waals surface area contributed by atoms with E-state index >= 15 is 0 Å². The molecule has 0 bridgehead atoms. The lowest BCUT2D eigenvalue weighted by atomic mass is 9.98. The molecule has 0 aliphatic carbocycles. The van der Waals surface area contributed by atoms with Gasteiger partial charge >= 0.3 is 0 Å². The number of hydrogen-bond donors (Lipinski definition) is 0. The minimum Gasteiger partial charge on any atom is -0.486 e. The summed E-state index contributed by atoms with van der Waals surface area (Å²) in [5, 5.41) is 0.602. The predicted octanol–water partition coefficient (Wildman–Crippen LogP) is 4.15. The van der Waals surface area contributed by atoms with E-state index in [1.807, 2.05) is 32.0 Å². The van der Waals surface area contributed by atoms with Gasteiger partial charge in [0.25, 0.3) is 0 Å². The number of Topliss-reactive ketones (excluding diaryl/α,β-unsaturated/α-hetero) is 1. The fraction of sp³-hybridized carbons (Fsp3) is 0.235. The van der Waals surface area contributed by atoms with Crippen molar-refractivity contribution in [1.82, 2.24) is 0 Å². The second-order valence-electron chi connectivity index (χ2n) is 4.83. The van der Waals surface area contributed by atoms with Crippen LogP contribution in [0, 0.1) is 13.8 Å². The Morgan fingerprint density at radius 1 is 1.10 bits per heavy atom. The van der Waals surface area contributed by atoms with Crippen molar-refractivity contribution < 1.29 is 9.53 Å². The highest BCUT2D eigenvalue weighted by Gasteiger charge is 2.09. The van der Waals surface area contributed by atoms with Gasteiger partial charge in [-0.15, -0.1) is 0 Å². The summed E-state index contributed by atoms with van der Waals surface area (Å²) in [6.07, 6.45) is 0.402. The molecule has 0 atom stereocenters. The van der Waals surface area contributed by atoms with Gasteiger partial charge in [-0.3, -0.25) is 4.79 Å². The Balaban J connectivity index is 1.96. The standard InChI is InChI=1S/C17H17ClO2/c1-12-5-3-6-13(2)17(12)10-15(19)11-20-16-8-4-7-14(18)9-16/h3-9H,10-11H2,1-2H3. The highest BCUT2D eigenvalue weighted by molar-refractivity contribution is 6.30. The van der Waals surface area contributed by atoms with Crippen LogP contribution in [0.2, 0.25) is 5.02 Å². The van der Waals surface area contributed by atoms with Crippen molar-refractivity contribution in [2.75, 3.05) is 6.61 Å². The summed E-state index contributed by atoms with van der Waals surface area (Å²) < 4.78 is 5.47. The van der Waals surface area contributed by atoms with Gasteiger partial charge in [0.1, 0.15) is 12.4 Å². The van der Waals surface area contributed by atoms with Crippen LogP contribution in [0.1, 0.15) is 16.7 Å². The van der Waals surface area contributed by atoms with Crippen LogP contribution in [0.15, 0.2) is 42.5 Å². The van der Waals surface area contributed by atoms with E-state index in [4.69, 9.17) is 16.3 Å². The van der Waals surface area contributed by atoms with E-state index in [0.29, 0.717) is 17.2 Å². The average molecular weight is 289 g/mol. The number of aryl methyl sites for hydroxylation is 2. The van der Waals surface area contributed by atoms with Crippen molar-refractivity contribution >= 4 is 17.4 Å². The van der Waals surface area contributed by atoms with Crippen molar-refractivity contribution in [3.63, 3.8) is 0 Å². The lowest BCUT2D eigenvalue weighted by Gasteiger charge is -2.10. The van der Waals surface area contributed by atoms with Crippen molar-refractivity contribution in [1.29, 1.82) is 0 Å². The summed E-state index contributed by atoms with van der Waals surface area (Å²) in [5.74, 6) is 0.676. The molecule has 0 saturated heterocycles. The third-order valence-corrected chi connectivity index (χ3v) is 3.45. The van der Waals surface area contributed by atoms with Gasteiger partial charge in [-0.1, -0.05) is 35.9 Å². The quantitative estimate of drug-likeness (QED) is 0.826. The number of halogens is 1. The number of rotatable bonds is 5. The van der Waals surface area contributed by atoms with Crippen molar-refractivity contribution in [2.45, 2.75) is 20.3 Å². The van der Waals surface area contributed by atoms with Crippen LogP contribution in [-0.4, -0.2) is 12.4 Å². The molecule has 0 aliphatic heterocycles. The molecule has 0 heterocycles. The van der Waals surface area contributed by atoms with Gasteiger partial charge in [0.2, 0.25) is 0 Å². The van der Waals surface area contributed by atoms with E-state index in [1.165, 1.54) is 0 Å². The first-order valence-corrected chi connectivity index (χ1v) is 6.89. The summed E-state index contributed by atoms with van der Waals surface area (Å²) in [5.41, 5.74) is 3.37. The molecule has 0 saturated carbocycles. The summed E-state index contributed by atoms with van der Waals surface area (Å²) in [7, 11) is 0. The van der Waals surface area contributed by atoms with Gasteiger partial charge in [-0.05, 0) is 48.7 Å². The monoisotopic (exact) mass is 288 g/mol. The Morgan fingerprint density at radius 2 is 1.75 bits per heavy atom. The Kier molecular flexibility index (Phi) is 4.80. The van der Waals surface area contributed by atoms with Crippen LogP contribution >= 0.6 is 11.6 Å². The molecule has 2 aromatic rings. The van der Waals surface area contributed by atoms with Gasteiger partial charge in [0.15, 0.2) is 5.78 Å². The van der Waals surface area contributed by atoms with Crippen LogP contribution in [-0.2, 0) is 11.2 Å². The molecule has 20 heavy (non-hydrogen) atoms. The summed E-state index contributed by atoms with van der Waals surface area (Å²) in [6.45, 7) is 4.11. The molecule has 104 valence electrons. The van der Waals surface area contributed by atoms with Gasteiger partial charge in [-0.25, -0.2) is 0 Å². The molecule has 0 radical (unpaired) electrons. The van der Waals surface area contributed by atoms with E-state index in [-0.39, 0.29) is 12.4 Å². The number of hydrogen-bond acceptors (Lipinski definition) is 2. The number of benzene rings is 2. The normalized spacial score (nSPS) is 10.3. The van der Waals surface area contributed by atoms with Crippen molar-refractivity contribution in [3.05, 3.63) is 64.2 Å².